The van der Waals surface area contributed by atoms with Gasteiger partial charge in [-0.25, -0.2) is 0 Å². The molecule has 1 atom stereocenters. The zero-order valence-corrected chi connectivity index (χ0v) is 11.3. The summed E-state index contributed by atoms with van der Waals surface area (Å²) in [6, 6.07) is 0.418. The van der Waals surface area contributed by atoms with Gasteiger partial charge in [-0.05, 0) is 0 Å². The molecule has 0 aromatic carbocycles. The first-order valence-electron chi connectivity index (χ1n) is 4.22. The van der Waals surface area contributed by atoms with Crippen molar-refractivity contribution in [2.75, 3.05) is 10.0 Å². The van der Waals surface area contributed by atoms with Crippen LogP contribution in [0.3, 0.4) is 0 Å². The second-order valence-electron chi connectivity index (χ2n) is 2.91. The predicted molar refractivity (Wildman–Crippen MR) is 56.4 cm³/mol. The predicted octanol–water partition coefficient (Wildman–Crippen LogP) is 1.95. The quantitative estimate of drug-likeness (QED) is 0.569. The molecule has 0 saturated heterocycles. The van der Waals surface area contributed by atoms with Gasteiger partial charge in [0.2, 0.25) is 0 Å². The molecule has 0 amide bonds. The van der Waals surface area contributed by atoms with Gasteiger partial charge < -0.3 is 0 Å². The molecule has 66 valence electrons. The summed E-state index contributed by atoms with van der Waals surface area (Å²) >= 11 is 2.06. The Kier molecular flexibility index (Phi) is 10.1. The van der Waals surface area contributed by atoms with Gasteiger partial charge in [-0.1, -0.05) is 0 Å². The Morgan fingerprint density at radius 3 is 2.73 bits per heavy atom. The van der Waals surface area contributed by atoms with Gasteiger partial charge in [0.25, 0.3) is 0 Å². The number of nitrogens with two attached hydrogens (primary N) is 1. The fourth-order valence-electron chi connectivity index (χ4n) is 0.891. The number of rotatable bonds is 7. The molecular weight excluding hydrogens is 261 g/mol. The van der Waals surface area contributed by atoms with Crippen LogP contribution >= 0.6 is 11.8 Å². The second kappa shape index (κ2) is 9.20. The average molecular weight is 280 g/mol. The van der Waals surface area contributed by atoms with Crippen molar-refractivity contribution in [1.29, 1.82) is 0 Å². The average Bonchev–Trinajstić information content (AvgIpc) is 1.96. The van der Waals surface area contributed by atoms with Crippen LogP contribution in [0.2, 0.25) is 4.44 Å². The Bertz CT molecular complexity index is 78.5. The first kappa shape index (κ1) is 12.1. The number of thioether (sulfide) groups is 1. The maximum absolute atomic E-state index is 5.64. The van der Waals surface area contributed by atoms with Crippen LogP contribution in [0, 0.1) is 0 Å². The number of hydrogen-bond acceptors (Lipinski definition) is 2. The SMILES string of the molecule is CS[CH2][Sn][CH2]CCCC(C)N. The summed E-state index contributed by atoms with van der Waals surface area (Å²) in [5, 5.41) is 0. The van der Waals surface area contributed by atoms with Crippen molar-refractivity contribution in [3.63, 3.8) is 0 Å². The molecule has 0 aromatic heterocycles. The van der Waals surface area contributed by atoms with E-state index in [0.29, 0.717) is 6.04 Å². The first-order chi connectivity index (χ1) is 5.27. The second-order valence-corrected chi connectivity index (χ2v) is 9.10. The van der Waals surface area contributed by atoms with Crippen molar-refractivity contribution >= 4 is 32.9 Å². The van der Waals surface area contributed by atoms with Crippen molar-refractivity contribution < 1.29 is 0 Å². The molecular formula is C8H19NSSn. The molecule has 0 spiro atoms. The maximum atomic E-state index is 5.64. The monoisotopic (exact) mass is 281 g/mol. The minimum atomic E-state index is 0.0452. The normalized spacial score (nSPS) is 13.4. The van der Waals surface area contributed by atoms with E-state index < -0.39 is 0 Å². The van der Waals surface area contributed by atoms with Crippen LogP contribution in [0.1, 0.15) is 26.2 Å². The van der Waals surface area contributed by atoms with Gasteiger partial charge >= 0.3 is 85.3 Å². The van der Waals surface area contributed by atoms with Gasteiger partial charge in [-0.3, -0.25) is 0 Å². The van der Waals surface area contributed by atoms with Crippen molar-refractivity contribution in [2.24, 2.45) is 5.73 Å². The molecule has 0 aliphatic heterocycles. The molecule has 0 fully saturated rings. The molecule has 0 saturated carbocycles. The molecule has 1 unspecified atom stereocenters. The van der Waals surface area contributed by atoms with E-state index in [2.05, 4.69) is 13.2 Å². The van der Waals surface area contributed by atoms with E-state index in [1.165, 1.54) is 23.0 Å². The Labute approximate surface area is 85.1 Å². The zero-order chi connectivity index (χ0) is 8.53. The Hall–Kier alpha value is 1.11. The van der Waals surface area contributed by atoms with Gasteiger partial charge in [0, 0.05) is 0 Å². The van der Waals surface area contributed by atoms with E-state index in [0.717, 1.165) is 0 Å². The summed E-state index contributed by atoms with van der Waals surface area (Å²) in [5.41, 5.74) is 5.64. The molecule has 0 bridgehead atoms. The van der Waals surface area contributed by atoms with E-state index in [9.17, 15) is 0 Å². The summed E-state index contributed by atoms with van der Waals surface area (Å²) in [5.74, 6) is 0. The number of hydrogen-bond donors (Lipinski definition) is 1. The zero-order valence-electron chi connectivity index (χ0n) is 7.60. The molecule has 0 aliphatic carbocycles. The molecule has 1 nitrogen and oxygen atoms in total. The van der Waals surface area contributed by atoms with E-state index in [-0.39, 0.29) is 21.1 Å². The van der Waals surface area contributed by atoms with Crippen LogP contribution < -0.4 is 5.73 Å². The number of unbranched alkanes of at least 4 members (excludes halogenated alkanes) is 1. The Balaban J connectivity index is 2.80. The van der Waals surface area contributed by atoms with Crippen molar-refractivity contribution in [1.82, 2.24) is 0 Å². The van der Waals surface area contributed by atoms with E-state index >= 15 is 0 Å². The topological polar surface area (TPSA) is 26.0 Å². The third-order valence-electron chi connectivity index (χ3n) is 1.51. The Morgan fingerprint density at radius 2 is 2.18 bits per heavy atom. The van der Waals surface area contributed by atoms with Gasteiger partial charge in [0.05, 0.1) is 0 Å². The fraction of sp³-hybridized carbons (Fsp3) is 1.00. The van der Waals surface area contributed by atoms with Crippen LogP contribution in [0.25, 0.3) is 0 Å². The first-order valence-corrected chi connectivity index (χ1v) is 9.65. The van der Waals surface area contributed by atoms with E-state index in [1.807, 2.05) is 11.8 Å². The van der Waals surface area contributed by atoms with Crippen molar-refractivity contribution in [3.8, 4) is 0 Å². The van der Waals surface area contributed by atoms with Crippen molar-refractivity contribution in [2.45, 2.75) is 36.7 Å². The van der Waals surface area contributed by atoms with E-state index in [1.54, 1.807) is 4.44 Å². The van der Waals surface area contributed by atoms with Gasteiger partial charge in [-0.2, -0.15) is 0 Å². The summed E-state index contributed by atoms with van der Waals surface area (Å²) < 4.78 is 3.04. The van der Waals surface area contributed by atoms with E-state index in [4.69, 9.17) is 5.73 Å². The molecule has 0 rings (SSSR count). The molecule has 3 heteroatoms. The van der Waals surface area contributed by atoms with Crippen LogP contribution in [-0.4, -0.2) is 37.2 Å². The molecule has 0 aromatic rings. The summed E-state index contributed by atoms with van der Waals surface area (Å²) in [6.07, 6.45) is 6.22. The van der Waals surface area contributed by atoms with Gasteiger partial charge in [0.1, 0.15) is 0 Å². The molecule has 2 N–H and O–H groups in total. The summed E-state index contributed by atoms with van der Waals surface area (Å²) in [7, 11) is 0. The summed E-state index contributed by atoms with van der Waals surface area (Å²) in [6.45, 7) is 2.10. The fourth-order valence-corrected chi connectivity index (χ4v) is 5.65. The van der Waals surface area contributed by atoms with Crippen molar-refractivity contribution in [3.05, 3.63) is 0 Å². The standard InChI is InChI=1S/C6H14N.C2H5S.Sn/c1-3-4-5-6(2)7;1-3-2;/h6H,1,3-5,7H2,2H3;1H2,2H3;. The Morgan fingerprint density at radius 1 is 1.45 bits per heavy atom. The molecule has 11 heavy (non-hydrogen) atoms. The third-order valence-corrected chi connectivity index (χ3v) is 8.24. The summed E-state index contributed by atoms with van der Waals surface area (Å²) in [4.78, 5) is 0. The molecule has 2 radical (unpaired) electrons. The van der Waals surface area contributed by atoms with Crippen LogP contribution in [0.5, 0.6) is 0 Å². The van der Waals surface area contributed by atoms with Gasteiger partial charge in [0.15, 0.2) is 0 Å². The van der Waals surface area contributed by atoms with Crippen LogP contribution in [0.15, 0.2) is 0 Å². The van der Waals surface area contributed by atoms with Crippen LogP contribution in [-0.2, 0) is 0 Å². The van der Waals surface area contributed by atoms with Crippen LogP contribution in [0.4, 0.5) is 0 Å². The molecule has 0 aliphatic rings. The molecule has 0 heterocycles. The third kappa shape index (κ3) is 11.1. The van der Waals surface area contributed by atoms with Gasteiger partial charge in [-0.15, -0.1) is 0 Å². The minimum absolute atomic E-state index is 0.0452.